The van der Waals surface area contributed by atoms with Crippen molar-refractivity contribution in [1.82, 2.24) is 0 Å². The molecule has 0 aliphatic carbocycles. The van der Waals surface area contributed by atoms with Crippen LogP contribution < -0.4 is 10.2 Å². The van der Waals surface area contributed by atoms with E-state index < -0.39 is 11.9 Å². The summed E-state index contributed by atoms with van der Waals surface area (Å²) in [5.41, 5.74) is 0.822. The third-order valence-electron chi connectivity index (χ3n) is 4.12. The maximum absolute atomic E-state index is 10.1. The summed E-state index contributed by atoms with van der Waals surface area (Å²) in [6.45, 7) is 13.4. The van der Waals surface area contributed by atoms with E-state index >= 15 is 0 Å². The van der Waals surface area contributed by atoms with Gasteiger partial charge in [-0.2, -0.15) is 0 Å². The van der Waals surface area contributed by atoms with E-state index in [1.807, 2.05) is 0 Å². The molecule has 0 N–H and O–H groups in total. The fourth-order valence-electron chi connectivity index (χ4n) is 2.56. The van der Waals surface area contributed by atoms with Crippen molar-refractivity contribution in [2.75, 3.05) is 0 Å². The summed E-state index contributed by atoms with van der Waals surface area (Å²) in [7, 11) is 0. The zero-order chi connectivity index (χ0) is 23.3. The van der Waals surface area contributed by atoms with E-state index in [1.165, 1.54) is 25.7 Å². The molecule has 0 spiro atoms. The van der Waals surface area contributed by atoms with Crippen molar-refractivity contribution in [2.45, 2.75) is 128 Å². The first-order valence-electron chi connectivity index (χ1n) is 11.2. The summed E-state index contributed by atoms with van der Waals surface area (Å²) in [6, 6.07) is 0. The topological polar surface area (TPSA) is 80.3 Å². The summed E-state index contributed by atoms with van der Waals surface area (Å²) in [5.74, 6) is -1.84. The van der Waals surface area contributed by atoms with Crippen molar-refractivity contribution >= 4 is 33.1 Å². The van der Waals surface area contributed by atoms with E-state index in [-0.39, 0.29) is 34.0 Å². The van der Waals surface area contributed by atoms with E-state index in [9.17, 15) is 19.8 Å². The fraction of sp³-hybridized carbons (Fsp3) is 0.917. The Morgan fingerprint density at radius 3 is 1.03 bits per heavy atom. The molecule has 0 aromatic carbocycles. The Morgan fingerprint density at radius 2 is 0.828 bits per heavy atom. The van der Waals surface area contributed by atoms with Gasteiger partial charge in [-0.15, -0.1) is 0 Å². The normalized spacial score (nSPS) is 10.8. The Labute approximate surface area is 191 Å². The number of rotatable bonds is 12. The molecule has 29 heavy (non-hydrogen) atoms. The van der Waals surface area contributed by atoms with Crippen molar-refractivity contribution in [3.8, 4) is 0 Å². The van der Waals surface area contributed by atoms with Crippen LogP contribution in [0.1, 0.15) is 119 Å². The van der Waals surface area contributed by atoms with Crippen molar-refractivity contribution in [2.24, 2.45) is 10.8 Å². The molecule has 172 valence electrons. The number of unbranched alkanes of at least 4 members (excludes halogenated alkanes) is 6. The SMILES string of the molecule is CC(C)(C)CCCCCCC(=O)[O-].CC(C)(C)CCCCCCC(=O)[O-].[CH3][Sn+2][CH3]. The van der Waals surface area contributed by atoms with E-state index in [4.69, 9.17) is 0 Å². The Morgan fingerprint density at radius 1 is 0.586 bits per heavy atom. The van der Waals surface area contributed by atoms with Crippen molar-refractivity contribution in [1.29, 1.82) is 0 Å². The van der Waals surface area contributed by atoms with Crippen LogP contribution in [0.3, 0.4) is 0 Å². The minimum absolute atomic E-state index is 0.218. The molecule has 0 fully saturated rings. The number of hydrogen-bond donors (Lipinski definition) is 0. The molecule has 0 aliphatic heterocycles. The number of carboxylic acid groups (broad SMARTS) is 2. The van der Waals surface area contributed by atoms with Gasteiger partial charge in [0.15, 0.2) is 0 Å². The molecule has 4 nitrogen and oxygen atoms in total. The predicted molar refractivity (Wildman–Crippen MR) is 122 cm³/mol. The Kier molecular flexibility index (Phi) is 24.2. The van der Waals surface area contributed by atoms with Gasteiger partial charge in [-0.3, -0.25) is 0 Å². The third-order valence-corrected chi connectivity index (χ3v) is 4.12. The Balaban J connectivity index is -0.000000410. The number of aliphatic carboxylic acids is 2. The molecule has 0 atom stereocenters. The van der Waals surface area contributed by atoms with Crippen molar-refractivity contribution in [3.63, 3.8) is 0 Å². The van der Waals surface area contributed by atoms with Gasteiger partial charge < -0.3 is 19.8 Å². The van der Waals surface area contributed by atoms with Gasteiger partial charge in [-0.05, 0) is 49.4 Å². The van der Waals surface area contributed by atoms with Crippen LogP contribution in [-0.2, 0) is 9.59 Å². The standard InChI is InChI=1S/2C11H22O2.2CH3.Sn/c2*1-11(2,3)9-7-5-4-6-8-10(12)13;;;/h2*4-9H2,1-3H3,(H,12,13);2*1H3;/q;;;;+2/p-2. The fourth-order valence-corrected chi connectivity index (χ4v) is 2.56. The van der Waals surface area contributed by atoms with E-state index in [0.717, 1.165) is 38.5 Å². The molecular weight excluding hydrogens is 471 g/mol. The zero-order valence-corrected chi connectivity index (χ0v) is 23.5. The summed E-state index contributed by atoms with van der Waals surface area (Å²) >= 11 is 0.230. The molecule has 0 bridgehead atoms. The van der Waals surface area contributed by atoms with E-state index in [1.54, 1.807) is 0 Å². The number of carbonyl (C=O) groups excluding carboxylic acids is 2. The Bertz CT molecular complexity index is 345. The van der Waals surface area contributed by atoms with Gasteiger partial charge in [0.25, 0.3) is 0 Å². The monoisotopic (exact) mass is 520 g/mol. The minimum atomic E-state index is -0.921. The summed E-state index contributed by atoms with van der Waals surface area (Å²) < 4.78 is 0. The molecule has 0 aromatic rings. The van der Waals surface area contributed by atoms with Gasteiger partial charge in [0.2, 0.25) is 0 Å². The van der Waals surface area contributed by atoms with Gasteiger partial charge in [0.05, 0.1) is 0 Å². The summed E-state index contributed by atoms with van der Waals surface area (Å²) in [5, 5.41) is 20.2. The van der Waals surface area contributed by atoms with E-state index in [0.29, 0.717) is 10.8 Å². The van der Waals surface area contributed by atoms with Gasteiger partial charge in [0, 0.05) is 11.9 Å². The summed E-state index contributed by atoms with van der Waals surface area (Å²) in [4.78, 5) is 24.8. The molecule has 0 saturated carbocycles. The van der Waals surface area contributed by atoms with Crippen LogP contribution in [0.4, 0.5) is 0 Å². The maximum atomic E-state index is 10.1. The summed E-state index contributed by atoms with van der Waals surface area (Å²) in [6.07, 6.45) is 11.1. The van der Waals surface area contributed by atoms with Gasteiger partial charge in [-0.1, -0.05) is 80.1 Å². The molecule has 0 amide bonds. The average molecular weight is 519 g/mol. The Hall–Kier alpha value is -0.261. The average Bonchev–Trinajstić information content (AvgIpc) is 2.53. The van der Waals surface area contributed by atoms with Crippen molar-refractivity contribution in [3.05, 3.63) is 0 Å². The van der Waals surface area contributed by atoms with Gasteiger partial charge in [0.1, 0.15) is 0 Å². The zero-order valence-electron chi connectivity index (χ0n) is 20.6. The first kappa shape index (κ1) is 33.4. The molecule has 0 rings (SSSR count). The second-order valence-corrected chi connectivity index (χ2v) is 13.0. The first-order chi connectivity index (χ1) is 13.2. The quantitative estimate of drug-likeness (QED) is 0.268. The molecule has 0 heterocycles. The van der Waals surface area contributed by atoms with Crippen LogP contribution in [-0.4, -0.2) is 33.1 Å². The van der Waals surface area contributed by atoms with Crippen LogP contribution in [0.15, 0.2) is 0 Å². The molecule has 0 radical (unpaired) electrons. The van der Waals surface area contributed by atoms with Crippen LogP contribution in [0.2, 0.25) is 9.88 Å². The van der Waals surface area contributed by atoms with E-state index in [2.05, 4.69) is 51.4 Å². The number of hydrogen-bond acceptors (Lipinski definition) is 4. The van der Waals surface area contributed by atoms with Crippen molar-refractivity contribution < 1.29 is 19.8 Å². The molecule has 0 aromatic heterocycles. The second-order valence-electron chi connectivity index (χ2n) is 10.2. The number of carboxylic acids is 2. The number of carbonyl (C=O) groups is 2. The molecule has 0 aliphatic rings. The second kappa shape index (κ2) is 21.0. The van der Waals surface area contributed by atoms with Crippen LogP contribution >= 0.6 is 0 Å². The molecule has 5 heteroatoms. The first-order valence-corrected chi connectivity index (χ1v) is 16.9. The predicted octanol–water partition coefficient (Wildman–Crippen LogP) is 5.03. The van der Waals surface area contributed by atoms with Gasteiger partial charge in [-0.25, -0.2) is 0 Å². The molecular formula is C24H48O4Sn. The van der Waals surface area contributed by atoms with Crippen LogP contribution in [0.5, 0.6) is 0 Å². The van der Waals surface area contributed by atoms with Crippen LogP contribution in [0.25, 0.3) is 0 Å². The van der Waals surface area contributed by atoms with Gasteiger partial charge >= 0.3 is 31.0 Å². The molecule has 0 saturated heterocycles. The molecule has 0 unspecified atom stereocenters. The van der Waals surface area contributed by atoms with Crippen LogP contribution in [0, 0.1) is 10.8 Å². The third kappa shape index (κ3) is 47.2.